The predicted octanol–water partition coefficient (Wildman–Crippen LogP) is -2.77. The van der Waals surface area contributed by atoms with E-state index in [2.05, 4.69) is 21.3 Å². The van der Waals surface area contributed by atoms with Crippen molar-refractivity contribution >= 4 is 53.6 Å². The molecule has 0 aromatic heterocycles. The Balaban J connectivity index is 5.34. The highest BCUT2D eigenvalue weighted by Gasteiger charge is 2.30. The molecule has 4 atom stereocenters. The fourth-order valence-electron chi connectivity index (χ4n) is 2.63. The maximum absolute atomic E-state index is 12.6. The second kappa shape index (κ2) is 16.4. The van der Waals surface area contributed by atoms with E-state index in [1.807, 2.05) is 0 Å². The number of nitrogens with one attached hydrogen (secondary N) is 4. The Morgan fingerprint density at radius 1 is 0.824 bits per heavy atom. The van der Waals surface area contributed by atoms with Crippen LogP contribution >= 0.6 is 11.8 Å². The van der Waals surface area contributed by atoms with E-state index in [1.54, 1.807) is 6.26 Å². The quantitative estimate of drug-likeness (QED) is 0.0998. The van der Waals surface area contributed by atoms with Crippen molar-refractivity contribution < 1.29 is 48.9 Å². The molecule has 15 heteroatoms. The average Bonchev–Trinajstić information content (AvgIpc) is 2.75. The smallest absolute Gasteiger partial charge is 0.305 e. The summed E-state index contributed by atoms with van der Waals surface area (Å²) in [6, 6.07) is -5.35. The molecular weight excluding hydrogens is 476 g/mol. The topological polar surface area (TPSA) is 228 Å². The van der Waals surface area contributed by atoms with E-state index in [4.69, 9.17) is 10.2 Å². The third kappa shape index (κ3) is 12.7. The molecular formula is C19H30N4O10S. The molecule has 0 saturated heterocycles. The summed E-state index contributed by atoms with van der Waals surface area (Å²) in [6.07, 6.45) is 0.710. The molecule has 0 radical (unpaired) electrons. The van der Waals surface area contributed by atoms with E-state index < -0.39 is 79.2 Å². The summed E-state index contributed by atoms with van der Waals surface area (Å²) in [5.74, 6) is -5.45. The number of hydrogen-bond donors (Lipinski definition) is 7. The fraction of sp³-hybridized carbons (Fsp3) is 0.632. The molecule has 0 aromatic carbocycles. The molecule has 192 valence electrons. The van der Waals surface area contributed by atoms with Crippen LogP contribution in [-0.4, -0.2) is 100.0 Å². The number of amides is 4. The van der Waals surface area contributed by atoms with Gasteiger partial charge in [0.15, 0.2) is 0 Å². The number of aliphatic hydroxyl groups is 1. The van der Waals surface area contributed by atoms with Crippen LogP contribution in [0.3, 0.4) is 0 Å². The van der Waals surface area contributed by atoms with Crippen LogP contribution in [0.25, 0.3) is 0 Å². The number of hydrogen-bond acceptors (Lipinski definition) is 9. The van der Waals surface area contributed by atoms with Crippen molar-refractivity contribution in [2.24, 2.45) is 0 Å². The Hall–Kier alpha value is -3.20. The van der Waals surface area contributed by atoms with Gasteiger partial charge < -0.3 is 41.4 Å². The van der Waals surface area contributed by atoms with Crippen molar-refractivity contribution in [3.05, 3.63) is 0 Å². The summed E-state index contributed by atoms with van der Waals surface area (Å²) in [7, 11) is 0. The fourth-order valence-corrected chi connectivity index (χ4v) is 3.10. The van der Waals surface area contributed by atoms with Gasteiger partial charge in [0.1, 0.15) is 24.4 Å². The number of rotatable bonds is 17. The van der Waals surface area contributed by atoms with E-state index in [0.717, 1.165) is 6.92 Å². The maximum Gasteiger partial charge on any atom is 0.305 e. The Bertz CT molecular complexity index is 763. The van der Waals surface area contributed by atoms with Crippen molar-refractivity contribution in [1.82, 2.24) is 21.3 Å². The number of thioether (sulfide) groups is 1. The molecule has 0 bridgehead atoms. The molecule has 0 rings (SSSR count). The van der Waals surface area contributed by atoms with Gasteiger partial charge in [-0.25, -0.2) is 0 Å². The average molecular weight is 507 g/mol. The highest BCUT2D eigenvalue weighted by Crippen LogP contribution is 2.04. The third-order valence-electron chi connectivity index (χ3n) is 4.29. The Labute approximate surface area is 199 Å². The van der Waals surface area contributed by atoms with Gasteiger partial charge in [-0.2, -0.15) is 11.8 Å². The van der Waals surface area contributed by atoms with Gasteiger partial charge in [0.05, 0.1) is 19.1 Å². The van der Waals surface area contributed by atoms with Crippen LogP contribution in [0.2, 0.25) is 0 Å². The van der Waals surface area contributed by atoms with Gasteiger partial charge in [-0.05, 0) is 24.9 Å². The Kier molecular flexibility index (Phi) is 14.9. The Morgan fingerprint density at radius 3 is 1.82 bits per heavy atom. The van der Waals surface area contributed by atoms with Gasteiger partial charge in [-0.1, -0.05) is 0 Å². The lowest BCUT2D eigenvalue weighted by Crippen LogP contribution is -2.58. The number of aliphatic carboxylic acids is 2. The largest absolute Gasteiger partial charge is 0.481 e. The molecule has 7 N–H and O–H groups in total. The summed E-state index contributed by atoms with van der Waals surface area (Å²) in [6.45, 7) is 0.235. The molecule has 0 aromatic rings. The summed E-state index contributed by atoms with van der Waals surface area (Å²) < 4.78 is 0. The molecule has 0 spiro atoms. The van der Waals surface area contributed by atoms with Crippen LogP contribution < -0.4 is 21.3 Å². The molecule has 0 fully saturated rings. The minimum Gasteiger partial charge on any atom is -0.481 e. The minimum absolute atomic E-state index is 0.0939. The van der Waals surface area contributed by atoms with Crippen molar-refractivity contribution in [2.45, 2.75) is 56.8 Å². The minimum atomic E-state index is -1.54. The zero-order chi connectivity index (χ0) is 26.3. The SMILES string of the molecule is CSCC[C@@H](NC(=O)[C@@H](CO)NC(=O)[C@@H](CCC(=O)O)NC(C)=O)C(=O)N[C@@H](C=O)CC(=O)O. The van der Waals surface area contributed by atoms with Gasteiger partial charge in [-0.3, -0.25) is 28.8 Å². The molecule has 0 aliphatic heterocycles. The first-order valence-corrected chi connectivity index (χ1v) is 11.5. The van der Waals surface area contributed by atoms with Gasteiger partial charge in [-0.15, -0.1) is 0 Å². The van der Waals surface area contributed by atoms with E-state index in [0.29, 0.717) is 5.75 Å². The normalized spacial score (nSPS) is 14.0. The summed E-state index contributed by atoms with van der Waals surface area (Å²) in [4.78, 5) is 81.5. The maximum atomic E-state index is 12.6. The lowest BCUT2D eigenvalue weighted by molar-refractivity contribution is -0.139. The molecule has 0 aliphatic carbocycles. The summed E-state index contributed by atoms with van der Waals surface area (Å²) in [5, 5.41) is 36.2. The Morgan fingerprint density at radius 2 is 1.35 bits per heavy atom. The molecule has 4 amide bonds. The first-order chi connectivity index (χ1) is 15.9. The summed E-state index contributed by atoms with van der Waals surface area (Å²) >= 11 is 1.35. The van der Waals surface area contributed by atoms with E-state index in [-0.39, 0.29) is 19.1 Å². The highest BCUT2D eigenvalue weighted by atomic mass is 32.2. The molecule has 34 heavy (non-hydrogen) atoms. The first-order valence-electron chi connectivity index (χ1n) is 10.1. The van der Waals surface area contributed by atoms with Crippen LogP contribution in [0, 0.1) is 0 Å². The summed E-state index contributed by atoms with van der Waals surface area (Å²) in [5.41, 5.74) is 0. The van der Waals surface area contributed by atoms with Gasteiger partial charge in [0, 0.05) is 13.3 Å². The second-order valence-electron chi connectivity index (χ2n) is 7.12. The molecule has 0 saturated carbocycles. The third-order valence-corrected chi connectivity index (χ3v) is 4.93. The van der Waals surface area contributed by atoms with Crippen LogP contribution in [0.15, 0.2) is 0 Å². The van der Waals surface area contributed by atoms with E-state index >= 15 is 0 Å². The van der Waals surface area contributed by atoms with Crippen LogP contribution in [0.4, 0.5) is 0 Å². The first kappa shape index (κ1) is 30.8. The van der Waals surface area contributed by atoms with Crippen LogP contribution in [0.5, 0.6) is 0 Å². The number of carbonyl (C=O) groups is 7. The van der Waals surface area contributed by atoms with Gasteiger partial charge in [0.25, 0.3) is 0 Å². The second-order valence-corrected chi connectivity index (χ2v) is 8.11. The van der Waals surface area contributed by atoms with Crippen molar-refractivity contribution in [2.75, 3.05) is 18.6 Å². The van der Waals surface area contributed by atoms with Gasteiger partial charge in [0.2, 0.25) is 23.6 Å². The predicted molar refractivity (Wildman–Crippen MR) is 119 cm³/mol. The molecule has 0 unspecified atom stereocenters. The lowest BCUT2D eigenvalue weighted by Gasteiger charge is -2.24. The van der Waals surface area contributed by atoms with Gasteiger partial charge >= 0.3 is 11.9 Å². The van der Waals surface area contributed by atoms with E-state index in [9.17, 15) is 38.7 Å². The number of carboxylic acid groups (broad SMARTS) is 2. The van der Waals surface area contributed by atoms with Crippen LogP contribution in [-0.2, 0) is 33.6 Å². The van der Waals surface area contributed by atoms with Crippen molar-refractivity contribution in [3.8, 4) is 0 Å². The van der Waals surface area contributed by atoms with Crippen molar-refractivity contribution in [1.29, 1.82) is 0 Å². The standard InChI is InChI=1S/C19H30N4O10S/c1-10(26)20-12(3-4-15(27)28)18(32)23-14(9-25)19(33)22-13(5-6-34-2)17(31)21-11(8-24)7-16(29)30/h8,11-14,25H,3-7,9H2,1-2H3,(H,20,26)(H,21,31)(H,22,33)(H,23,32)(H,27,28)(H,29,30)/t11-,12-,13-,14-/m1/s1. The molecule has 14 nitrogen and oxygen atoms in total. The highest BCUT2D eigenvalue weighted by molar-refractivity contribution is 7.98. The molecule has 0 aliphatic rings. The van der Waals surface area contributed by atoms with Crippen molar-refractivity contribution in [3.63, 3.8) is 0 Å². The van der Waals surface area contributed by atoms with Crippen LogP contribution in [0.1, 0.15) is 32.6 Å². The number of carboxylic acids is 2. The molecule has 0 heterocycles. The zero-order valence-electron chi connectivity index (χ0n) is 18.7. The van der Waals surface area contributed by atoms with E-state index in [1.165, 1.54) is 11.8 Å². The number of carbonyl (C=O) groups excluding carboxylic acids is 5. The number of aliphatic hydroxyl groups excluding tert-OH is 1. The lowest BCUT2D eigenvalue weighted by atomic mass is 10.1. The monoisotopic (exact) mass is 506 g/mol. The zero-order valence-corrected chi connectivity index (χ0v) is 19.6. The number of aldehydes is 1.